The molecule has 0 spiro atoms. The van der Waals surface area contributed by atoms with Crippen LogP contribution in [0, 0.1) is 13.8 Å². The predicted octanol–water partition coefficient (Wildman–Crippen LogP) is 5.23. The Labute approximate surface area is 174 Å². The van der Waals surface area contributed by atoms with Gasteiger partial charge in [0.1, 0.15) is 16.3 Å². The van der Waals surface area contributed by atoms with Gasteiger partial charge in [-0.25, -0.2) is 4.79 Å². The van der Waals surface area contributed by atoms with Crippen LogP contribution in [0.1, 0.15) is 28.4 Å². The van der Waals surface area contributed by atoms with Crippen LogP contribution >= 0.6 is 11.3 Å². The van der Waals surface area contributed by atoms with Crippen LogP contribution in [-0.2, 0) is 9.53 Å². The van der Waals surface area contributed by atoms with Gasteiger partial charge in [-0.05, 0) is 44.0 Å². The third-order valence-corrected chi connectivity index (χ3v) is 5.20. The standard InChI is InChI=1S/C23H23NO4S/c1-4-27-23(26)21-19(18-11-10-15(2)12-16(18)3)14-29-22(21)24-20(25)13-28-17-8-6-5-7-9-17/h5-12,14H,4,13H2,1-3H3,(H,24,25). The fraction of sp³-hybridized carbons (Fsp3) is 0.217. The number of aryl methyl sites for hydroxylation is 2. The zero-order chi connectivity index (χ0) is 20.8. The molecule has 1 amide bonds. The first-order valence-corrected chi connectivity index (χ1v) is 10.2. The van der Waals surface area contributed by atoms with Gasteiger partial charge in [0.25, 0.3) is 5.91 Å². The molecule has 0 bridgehead atoms. The lowest BCUT2D eigenvalue weighted by molar-refractivity contribution is -0.118. The quantitative estimate of drug-likeness (QED) is 0.543. The summed E-state index contributed by atoms with van der Waals surface area (Å²) in [6.45, 7) is 5.89. The van der Waals surface area contributed by atoms with Crippen LogP contribution in [0.5, 0.6) is 5.75 Å². The van der Waals surface area contributed by atoms with Crippen LogP contribution in [0.3, 0.4) is 0 Å². The summed E-state index contributed by atoms with van der Waals surface area (Å²) >= 11 is 1.30. The van der Waals surface area contributed by atoms with Gasteiger partial charge in [0.2, 0.25) is 0 Å². The molecule has 0 aliphatic rings. The van der Waals surface area contributed by atoms with Crippen molar-refractivity contribution in [2.45, 2.75) is 20.8 Å². The second kappa shape index (κ2) is 9.39. The Morgan fingerprint density at radius 3 is 2.48 bits per heavy atom. The van der Waals surface area contributed by atoms with Crippen molar-refractivity contribution >= 4 is 28.2 Å². The summed E-state index contributed by atoms with van der Waals surface area (Å²) in [5.41, 5.74) is 4.27. The van der Waals surface area contributed by atoms with E-state index in [4.69, 9.17) is 9.47 Å². The average Bonchev–Trinajstić information content (AvgIpc) is 3.10. The highest BCUT2D eigenvalue weighted by Crippen LogP contribution is 2.37. The van der Waals surface area contributed by atoms with E-state index in [-0.39, 0.29) is 19.1 Å². The van der Waals surface area contributed by atoms with Crippen molar-refractivity contribution < 1.29 is 19.1 Å². The Hall–Kier alpha value is -3.12. The van der Waals surface area contributed by atoms with Gasteiger partial charge < -0.3 is 14.8 Å². The first kappa shape index (κ1) is 20.6. The maximum Gasteiger partial charge on any atom is 0.341 e. The largest absolute Gasteiger partial charge is 0.484 e. The van der Waals surface area contributed by atoms with E-state index in [0.29, 0.717) is 16.3 Å². The summed E-state index contributed by atoms with van der Waals surface area (Å²) in [4.78, 5) is 25.1. The lowest BCUT2D eigenvalue weighted by atomic mass is 9.97. The molecule has 0 radical (unpaired) electrons. The van der Waals surface area contributed by atoms with E-state index in [1.165, 1.54) is 11.3 Å². The zero-order valence-corrected chi connectivity index (χ0v) is 17.5. The number of anilines is 1. The van der Waals surface area contributed by atoms with Crippen molar-refractivity contribution in [2.24, 2.45) is 0 Å². The Morgan fingerprint density at radius 2 is 1.79 bits per heavy atom. The van der Waals surface area contributed by atoms with Gasteiger partial charge in [-0.3, -0.25) is 4.79 Å². The monoisotopic (exact) mass is 409 g/mol. The molecule has 1 heterocycles. The number of amides is 1. The lowest BCUT2D eigenvalue weighted by Gasteiger charge is -2.11. The van der Waals surface area contributed by atoms with Crippen molar-refractivity contribution in [1.29, 1.82) is 0 Å². The Morgan fingerprint density at radius 1 is 1.03 bits per heavy atom. The molecule has 1 aromatic heterocycles. The minimum atomic E-state index is -0.456. The van der Waals surface area contributed by atoms with E-state index in [2.05, 4.69) is 11.4 Å². The third kappa shape index (κ3) is 5.03. The number of carbonyl (C=O) groups is 2. The van der Waals surface area contributed by atoms with E-state index in [0.717, 1.165) is 22.3 Å². The van der Waals surface area contributed by atoms with E-state index < -0.39 is 5.97 Å². The molecule has 0 aliphatic carbocycles. The fourth-order valence-electron chi connectivity index (χ4n) is 3.00. The fourth-order valence-corrected chi connectivity index (χ4v) is 3.96. The number of para-hydroxylation sites is 1. The number of carbonyl (C=O) groups excluding carboxylic acids is 2. The van der Waals surface area contributed by atoms with Gasteiger partial charge in [-0.15, -0.1) is 11.3 Å². The summed E-state index contributed by atoms with van der Waals surface area (Å²) in [5.74, 6) is -0.188. The van der Waals surface area contributed by atoms with Crippen molar-refractivity contribution in [3.05, 3.63) is 70.6 Å². The van der Waals surface area contributed by atoms with Crippen LogP contribution in [-0.4, -0.2) is 25.1 Å². The number of hydrogen-bond donors (Lipinski definition) is 1. The summed E-state index contributed by atoms with van der Waals surface area (Å²) in [6.07, 6.45) is 0. The van der Waals surface area contributed by atoms with Gasteiger partial charge in [0.05, 0.1) is 6.61 Å². The molecule has 6 heteroatoms. The number of nitrogens with one attached hydrogen (secondary N) is 1. The SMILES string of the molecule is CCOC(=O)c1c(-c2ccc(C)cc2C)csc1NC(=O)COc1ccccc1. The molecule has 0 saturated carbocycles. The molecule has 29 heavy (non-hydrogen) atoms. The molecule has 0 atom stereocenters. The summed E-state index contributed by atoms with van der Waals surface area (Å²) < 4.78 is 10.7. The third-order valence-electron chi connectivity index (χ3n) is 4.31. The molecule has 0 unspecified atom stereocenters. The van der Waals surface area contributed by atoms with Crippen LogP contribution in [0.25, 0.3) is 11.1 Å². The molecule has 3 aromatic rings. The van der Waals surface area contributed by atoms with Crippen LogP contribution in [0.2, 0.25) is 0 Å². The molecule has 5 nitrogen and oxygen atoms in total. The lowest BCUT2D eigenvalue weighted by Crippen LogP contribution is -2.21. The number of ether oxygens (including phenoxy) is 2. The van der Waals surface area contributed by atoms with E-state index in [9.17, 15) is 9.59 Å². The topological polar surface area (TPSA) is 64.6 Å². The molecule has 0 saturated heterocycles. The molecule has 0 fully saturated rings. The highest BCUT2D eigenvalue weighted by atomic mass is 32.1. The maximum atomic E-state index is 12.7. The number of thiophene rings is 1. The van der Waals surface area contributed by atoms with E-state index >= 15 is 0 Å². The van der Waals surface area contributed by atoms with Crippen LogP contribution in [0.4, 0.5) is 5.00 Å². The van der Waals surface area contributed by atoms with Gasteiger partial charge in [0, 0.05) is 10.9 Å². The second-order valence-corrected chi connectivity index (χ2v) is 7.42. The number of rotatable bonds is 7. The molecule has 0 aliphatic heterocycles. The van der Waals surface area contributed by atoms with Gasteiger partial charge in [-0.2, -0.15) is 0 Å². The highest BCUT2D eigenvalue weighted by Gasteiger charge is 2.23. The van der Waals surface area contributed by atoms with E-state index in [1.807, 2.05) is 49.6 Å². The smallest absolute Gasteiger partial charge is 0.341 e. The zero-order valence-electron chi connectivity index (χ0n) is 16.7. The molecular weight excluding hydrogens is 386 g/mol. The van der Waals surface area contributed by atoms with E-state index in [1.54, 1.807) is 19.1 Å². The molecule has 150 valence electrons. The highest BCUT2D eigenvalue weighted by molar-refractivity contribution is 7.15. The summed E-state index contributed by atoms with van der Waals surface area (Å²) in [5, 5.41) is 5.13. The Bertz CT molecular complexity index is 1010. The summed E-state index contributed by atoms with van der Waals surface area (Å²) in [7, 11) is 0. The Kier molecular flexibility index (Phi) is 6.67. The van der Waals surface area contributed by atoms with Gasteiger partial charge in [-0.1, -0.05) is 42.0 Å². The molecule has 1 N–H and O–H groups in total. The van der Waals surface area contributed by atoms with Gasteiger partial charge >= 0.3 is 5.97 Å². The predicted molar refractivity (Wildman–Crippen MR) is 116 cm³/mol. The average molecular weight is 410 g/mol. The van der Waals surface area contributed by atoms with Crippen molar-refractivity contribution in [1.82, 2.24) is 0 Å². The first-order valence-electron chi connectivity index (χ1n) is 9.33. The maximum absolute atomic E-state index is 12.7. The number of benzene rings is 2. The first-order chi connectivity index (χ1) is 14.0. The van der Waals surface area contributed by atoms with Gasteiger partial charge in [0.15, 0.2) is 6.61 Å². The number of hydrogen-bond acceptors (Lipinski definition) is 5. The number of esters is 1. The van der Waals surface area contributed by atoms with Crippen LogP contribution in [0.15, 0.2) is 53.9 Å². The Balaban J connectivity index is 1.85. The minimum Gasteiger partial charge on any atom is -0.484 e. The van der Waals surface area contributed by atoms with Crippen molar-refractivity contribution in [2.75, 3.05) is 18.5 Å². The van der Waals surface area contributed by atoms with Crippen LogP contribution < -0.4 is 10.1 Å². The van der Waals surface area contributed by atoms with Crippen molar-refractivity contribution in [3.8, 4) is 16.9 Å². The van der Waals surface area contributed by atoms with Crippen molar-refractivity contribution in [3.63, 3.8) is 0 Å². The molecular formula is C23H23NO4S. The normalized spacial score (nSPS) is 10.4. The summed E-state index contributed by atoms with van der Waals surface area (Å²) in [6, 6.07) is 15.2. The molecule has 2 aromatic carbocycles. The minimum absolute atomic E-state index is 0.150. The molecule has 3 rings (SSSR count). The second-order valence-electron chi connectivity index (χ2n) is 6.54.